The zero-order chi connectivity index (χ0) is 13.1. The molecule has 0 aromatic carbocycles. The van der Waals surface area contributed by atoms with Gasteiger partial charge >= 0.3 is 0 Å². The number of nitrogens with one attached hydrogen (secondary N) is 1. The molecule has 1 aliphatic rings. The molecule has 0 unspecified atom stereocenters. The van der Waals surface area contributed by atoms with Crippen LogP contribution in [0.1, 0.15) is 36.0 Å². The minimum atomic E-state index is -0.157. The lowest BCUT2D eigenvalue weighted by Crippen LogP contribution is -2.38. The molecule has 0 saturated heterocycles. The number of aliphatic hydroxyl groups is 1. The molecule has 0 atom stereocenters. The fraction of sp³-hybridized carbons (Fsp3) is 0.583. The fourth-order valence-corrected chi connectivity index (χ4v) is 3.71. The zero-order valence-corrected chi connectivity index (χ0v) is 12.1. The number of rotatable bonds is 3. The van der Waals surface area contributed by atoms with Crippen molar-refractivity contribution in [3.63, 3.8) is 0 Å². The minimum absolute atomic E-state index is 0.157. The Hall–Kier alpha value is -0.290. The normalized spacial score (nSPS) is 23.9. The van der Waals surface area contributed by atoms with Gasteiger partial charge in [-0.3, -0.25) is 4.79 Å². The molecule has 6 heteroatoms. The van der Waals surface area contributed by atoms with Gasteiger partial charge in [-0.1, -0.05) is 23.2 Å². The summed E-state index contributed by atoms with van der Waals surface area (Å²) < 4.78 is 0.954. The maximum absolute atomic E-state index is 12.0. The number of thiophene rings is 1. The lowest BCUT2D eigenvalue weighted by atomic mass is 9.86. The van der Waals surface area contributed by atoms with Gasteiger partial charge in [-0.2, -0.15) is 0 Å². The van der Waals surface area contributed by atoms with Gasteiger partial charge in [-0.05, 0) is 37.7 Å². The second-order valence-electron chi connectivity index (χ2n) is 4.61. The van der Waals surface area contributed by atoms with Gasteiger partial charge < -0.3 is 10.4 Å². The molecule has 0 spiro atoms. The lowest BCUT2D eigenvalue weighted by molar-refractivity contribution is 0.0914. The first kappa shape index (κ1) is 14.1. The molecule has 1 aliphatic carbocycles. The molecular weight excluding hydrogens is 293 g/mol. The van der Waals surface area contributed by atoms with Crippen LogP contribution in [0.5, 0.6) is 0 Å². The van der Waals surface area contributed by atoms with Crippen molar-refractivity contribution in [3.8, 4) is 0 Å². The van der Waals surface area contributed by atoms with E-state index in [2.05, 4.69) is 5.32 Å². The third-order valence-corrected chi connectivity index (χ3v) is 4.83. The Morgan fingerprint density at radius 2 is 2.06 bits per heavy atom. The Kier molecular flexibility index (Phi) is 4.90. The van der Waals surface area contributed by atoms with Gasteiger partial charge in [0.2, 0.25) is 0 Å². The molecule has 1 saturated carbocycles. The van der Waals surface area contributed by atoms with Crippen LogP contribution in [0, 0.1) is 5.92 Å². The molecule has 0 aliphatic heterocycles. The van der Waals surface area contributed by atoms with Gasteiger partial charge in [0.25, 0.3) is 5.91 Å². The zero-order valence-electron chi connectivity index (χ0n) is 9.79. The van der Waals surface area contributed by atoms with Crippen LogP contribution in [-0.2, 0) is 0 Å². The van der Waals surface area contributed by atoms with Gasteiger partial charge in [-0.25, -0.2) is 0 Å². The number of carbonyl (C=O) groups is 1. The maximum Gasteiger partial charge on any atom is 0.253 e. The Balaban J connectivity index is 1.90. The van der Waals surface area contributed by atoms with Crippen molar-refractivity contribution in [1.29, 1.82) is 0 Å². The van der Waals surface area contributed by atoms with E-state index in [9.17, 15) is 4.79 Å². The highest BCUT2D eigenvalue weighted by Crippen LogP contribution is 2.31. The van der Waals surface area contributed by atoms with E-state index in [1.807, 2.05) is 0 Å². The number of amides is 1. The van der Waals surface area contributed by atoms with Crippen LogP contribution in [0.3, 0.4) is 0 Å². The highest BCUT2D eigenvalue weighted by molar-refractivity contribution is 7.20. The van der Waals surface area contributed by atoms with Crippen molar-refractivity contribution in [3.05, 3.63) is 20.3 Å². The summed E-state index contributed by atoms with van der Waals surface area (Å²) in [4.78, 5) is 12.0. The van der Waals surface area contributed by atoms with Gasteiger partial charge in [0.15, 0.2) is 0 Å². The van der Waals surface area contributed by atoms with E-state index < -0.39 is 0 Å². The van der Waals surface area contributed by atoms with E-state index in [0.29, 0.717) is 20.2 Å². The van der Waals surface area contributed by atoms with Crippen LogP contribution in [0.2, 0.25) is 8.67 Å². The molecule has 1 aromatic heterocycles. The van der Waals surface area contributed by atoms with Crippen molar-refractivity contribution in [2.24, 2.45) is 5.92 Å². The van der Waals surface area contributed by atoms with E-state index >= 15 is 0 Å². The molecule has 0 radical (unpaired) electrons. The van der Waals surface area contributed by atoms with Crippen LogP contribution in [0.25, 0.3) is 0 Å². The second kappa shape index (κ2) is 6.24. The van der Waals surface area contributed by atoms with Crippen molar-refractivity contribution in [1.82, 2.24) is 5.32 Å². The molecule has 100 valence electrons. The summed E-state index contributed by atoms with van der Waals surface area (Å²) in [6.07, 6.45) is 3.73. The van der Waals surface area contributed by atoms with Crippen LogP contribution >= 0.6 is 34.5 Å². The van der Waals surface area contributed by atoms with E-state index in [1.165, 1.54) is 11.3 Å². The first-order chi connectivity index (χ1) is 8.60. The molecule has 1 aromatic rings. The van der Waals surface area contributed by atoms with Crippen LogP contribution in [0.4, 0.5) is 0 Å². The van der Waals surface area contributed by atoms with Crippen molar-refractivity contribution < 1.29 is 9.90 Å². The topological polar surface area (TPSA) is 49.3 Å². The maximum atomic E-state index is 12.0. The van der Waals surface area contributed by atoms with Crippen molar-refractivity contribution in [2.75, 3.05) is 6.61 Å². The predicted octanol–water partition coefficient (Wildman–Crippen LogP) is 3.34. The average molecular weight is 308 g/mol. The summed E-state index contributed by atoms with van der Waals surface area (Å²) in [6.45, 7) is 0.243. The van der Waals surface area contributed by atoms with E-state index in [4.69, 9.17) is 28.3 Å². The van der Waals surface area contributed by atoms with Crippen LogP contribution < -0.4 is 5.32 Å². The number of aliphatic hydroxyl groups excluding tert-OH is 1. The molecule has 3 nitrogen and oxygen atoms in total. The van der Waals surface area contributed by atoms with Gasteiger partial charge in [0, 0.05) is 12.6 Å². The largest absolute Gasteiger partial charge is 0.396 e. The number of carbonyl (C=O) groups excluding carboxylic acids is 1. The highest BCUT2D eigenvalue weighted by Gasteiger charge is 2.23. The third kappa shape index (κ3) is 3.38. The number of hydrogen-bond donors (Lipinski definition) is 2. The van der Waals surface area contributed by atoms with E-state index in [1.54, 1.807) is 6.07 Å². The predicted molar refractivity (Wildman–Crippen MR) is 74.6 cm³/mol. The number of hydrogen-bond acceptors (Lipinski definition) is 3. The minimum Gasteiger partial charge on any atom is -0.396 e. The summed E-state index contributed by atoms with van der Waals surface area (Å²) in [5.41, 5.74) is 0.455. The Bertz CT molecular complexity index is 428. The highest BCUT2D eigenvalue weighted by atomic mass is 35.5. The standard InChI is InChI=1S/C12H15Cl2NO2S/c13-10-5-9(11(14)18-10)12(17)15-8-3-1-7(6-16)2-4-8/h5,7-8,16H,1-4,6H2,(H,15,17). The molecule has 2 rings (SSSR count). The van der Waals surface area contributed by atoms with Gasteiger partial charge in [0.05, 0.1) is 9.90 Å². The molecule has 1 fully saturated rings. The van der Waals surface area contributed by atoms with E-state index in [0.717, 1.165) is 25.7 Å². The van der Waals surface area contributed by atoms with Crippen LogP contribution in [0.15, 0.2) is 6.07 Å². The third-order valence-electron chi connectivity index (χ3n) is 3.34. The number of halogens is 2. The van der Waals surface area contributed by atoms with E-state index in [-0.39, 0.29) is 18.6 Å². The van der Waals surface area contributed by atoms with Crippen LogP contribution in [-0.4, -0.2) is 23.7 Å². The smallest absolute Gasteiger partial charge is 0.253 e. The monoisotopic (exact) mass is 307 g/mol. The summed E-state index contributed by atoms with van der Waals surface area (Å²) in [7, 11) is 0. The van der Waals surface area contributed by atoms with Gasteiger partial charge in [-0.15, -0.1) is 11.3 Å². The SMILES string of the molecule is O=C(NC1CCC(CO)CC1)c1cc(Cl)sc1Cl. The molecule has 0 bridgehead atoms. The lowest BCUT2D eigenvalue weighted by Gasteiger charge is -2.27. The molecule has 18 heavy (non-hydrogen) atoms. The summed E-state index contributed by atoms with van der Waals surface area (Å²) >= 11 is 13.0. The summed E-state index contributed by atoms with van der Waals surface area (Å²) in [5.74, 6) is 0.230. The second-order valence-corrected chi connectivity index (χ2v) is 6.90. The molecule has 1 amide bonds. The Morgan fingerprint density at radius 3 is 2.56 bits per heavy atom. The first-order valence-electron chi connectivity index (χ1n) is 5.96. The molecular formula is C12H15Cl2NO2S. The summed E-state index contributed by atoms with van der Waals surface area (Å²) in [6, 6.07) is 1.78. The Labute approximate surface area is 120 Å². The average Bonchev–Trinajstić information content (AvgIpc) is 2.69. The van der Waals surface area contributed by atoms with Crippen molar-refractivity contribution >= 4 is 40.4 Å². The first-order valence-corrected chi connectivity index (χ1v) is 7.54. The summed E-state index contributed by atoms with van der Waals surface area (Å²) in [5, 5.41) is 12.0. The fourth-order valence-electron chi connectivity index (χ4n) is 2.25. The quantitative estimate of drug-likeness (QED) is 0.900. The molecule has 1 heterocycles. The van der Waals surface area contributed by atoms with Gasteiger partial charge in [0.1, 0.15) is 4.34 Å². The van der Waals surface area contributed by atoms with Crippen molar-refractivity contribution in [2.45, 2.75) is 31.7 Å². The molecule has 2 N–H and O–H groups in total. The Morgan fingerprint density at radius 1 is 1.39 bits per heavy atom.